The molecular weight excluding hydrogens is 244 g/mol. The van der Waals surface area contributed by atoms with Crippen molar-refractivity contribution in [1.29, 1.82) is 0 Å². The topological polar surface area (TPSA) is 80.0 Å². The van der Waals surface area contributed by atoms with E-state index < -0.39 is 5.60 Å². The molecule has 0 spiro atoms. The highest BCUT2D eigenvalue weighted by Gasteiger charge is 2.43. The molecule has 2 fully saturated rings. The van der Waals surface area contributed by atoms with E-state index in [-0.39, 0.29) is 11.8 Å². The van der Waals surface area contributed by atoms with Crippen molar-refractivity contribution in [3.05, 3.63) is 5.82 Å². The van der Waals surface area contributed by atoms with Crippen LogP contribution < -0.4 is 5.32 Å². The van der Waals surface area contributed by atoms with E-state index in [0.29, 0.717) is 12.0 Å². The van der Waals surface area contributed by atoms with E-state index in [9.17, 15) is 9.90 Å². The van der Waals surface area contributed by atoms with Crippen LogP contribution >= 0.6 is 0 Å². The molecule has 1 aromatic rings. The molecule has 2 aliphatic rings. The van der Waals surface area contributed by atoms with Gasteiger partial charge < -0.3 is 5.11 Å². The number of anilines is 1. The zero-order chi connectivity index (χ0) is 13.6. The summed E-state index contributed by atoms with van der Waals surface area (Å²) in [6.45, 7) is 3.47. The molecular formula is C13H20N4O2. The van der Waals surface area contributed by atoms with E-state index in [1.54, 1.807) is 6.92 Å². The van der Waals surface area contributed by atoms with Gasteiger partial charge in [-0.05, 0) is 45.4 Å². The first kappa shape index (κ1) is 12.6. The summed E-state index contributed by atoms with van der Waals surface area (Å²) in [6.07, 6.45) is 5.11. The molecule has 2 saturated carbocycles. The Morgan fingerprint density at radius 2 is 2.05 bits per heavy atom. The number of carbonyl (C=O) groups excluding carboxylic acids is 1. The second kappa shape index (κ2) is 4.30. The third-order valence-electron chi connectivity index (χ3n) is 4.36. The second-order valence-corrected chi connectivity index (χ2v) is 5.90. The molecule has 0 saturated heterocycles. The predicted octanol–water partition coefficient (Wildman–Crippen LogP) is 1.41. The summed E-state index contributed by atoms with van der Waals surface area (Å²) in [5.74, 6) is 0.961. The average molecular weight is 264 g/mol. The molecule has 2 aliphatic carbocycles. The van der Waals surface area contributed by atoms with Crippen LogP contribution in [-0.4, -0.2) is 31.4 Å². The smallest absolute Gasteiger partial charge is 0.258 e. The van der Waals surface area contributed by atoms with Gasteiger partial charge in [0.15, 0.2) is 0 Å². The lowest BCUT2D eigenvalue weighted by molar-refractivity contribution is -0.141. The molecule has 0 aromatic carbocycles. The summed E-state index contributed by atoms with van der Waals surface area (Å²) >= 11 is 0. The highest BCUT2D eigenvalue weighted by atomic mass is 16.3. The minimum atomic E-state index is -1.31. The number of hydrogen-bond acceptors (Lipinski definition) is 4. The molecule has 1 aromatic heterocycles. The van der Waals surface area contributed by atoms with Crippen LogP contribution in [0.1, 0.15) is 50.9 Å². The zero-order valence-electron chi connectivity index (χ0n) is 11.4. The van der Waals surface area contributed by atoms with Crippen LogP contribution in [0, 0.1) is 12.8 Å². The lowest BCUT2D eigenvalue weighted by Crippen LogP contribution is -2.49. The van der Waals surface area contributed by atoms with E-state index in [1.807, 2.05) is 11.5 Å². The van der Waals surface area contributed by atoms with Gasteiger partial charge in [-0.2, -0.15) is 0 Å². The Hall–Kier alpha value is -1.43. The Balaban J connectivity index is 1.75. The third kappa shape index (κ3) is 2.14. The lowest BCUT2D eigenvalue weighted by atomic mass is 9.73. The van der Waals surface area contributed by atoms with E-state index >= 15 is 0 Å². The van der Waals surface area contributed by atoms with E-state index in [2.05, 4.69) is 15.5 Å². The van der Waals surface area contributed by atoms with Crippen molar-refractivity contribution in [1.82, 2.24) is 14.8 Å². The fourth-order valence-corrected chi connectivity index (χ4v) is 2.61. The summed E-state index contributed by atoms with van der Waals surface area (Å²) < 4.78 is 1.95. The fourth-order valence-electron chi connectivity index (χ4n) is 2.61. The molecule has 1 amide bonds. The van der Waals surface area contributed by atoms with Crippen LogP contribution in [0.2, 0.25) is 0 Å². The number of nitrogens with one attached hydrogen (secondary N) is 1. The SMILES string of the molecule is Cc1nnc(NC(=O)C(C)(O)C2CCC2)n1C1CC1. The molecule has 0 bridgehead atoms. The van der Waals surface area contributed by atoms with Gasteiger partial charge in [-0.15, -0.1) is 10.2 Å². The van der Waals surface area contributed by atoms with Gasteiger partial charge in [0.25, 0.3) is 5.91 Å². The van der Waals surface area contributed by atoms with Crippen molar-refractivity contribution in [3.63, 3.8) is 0 Å². The van der Waals surface area contributed by atoms with Crippen molar-refractivity contribution in [2.24, 2.45) is 5.92 Å². The van der Waals surface area contributed by atoms with Gasteiger partial charge in [0.2, 0.25) is 5.95 Å². The largest absolute Gasteiger partial charge is 0.380 e. The van der Waals surface area contributed by atoms with Gasteiger partial charge in [0, 0.05) is 6.04 Å². The molecule has 0 radical (unpaired) electrons. The first-order chi connectivity index (χ1) is 9.00. The van der Waals surface area contributed by atoms with Crippen molar-refractivity contribution >= 4 is 11.9 Å². The summed E-state index contributed by atoms with van der Waals surface area (Å²) in [5.41, 5.74) is -1.31. The number of aliphatic hydroxyl groups is 1. The van der Waals surface area contributed by atoms with E-state index in [0.717, 1.165) is 37.9 Å². The number of aryl methyl sites for hydroxylation is 1. The third-order valence-corrected chi connectivity index (χ3v) is 4.36. The Morgan fingerprint density at radius 1 is 1.37 bits per heavy atom. The average Bonchev–Trinajstić information content (AvgIpc) is 3.02. The molecule has 1 unspecified atom stereocenters. The van der Waals surface area contributed by atoms with Gasteiger partial charge in [-0.25, -0.2) is 0 Å². The van der Waals surface area contributed by atoms with Crippen molar-refractivity contribution in [2.75, 3.05) is 5.32 Å². The highest BCUT2D eigenvalue weighted by Crippen LogP contribution is 2.39. The van der Waals surface area contributed by atoms with Gasteiger partial charge in [-0.3, -0.25) is 14.7 Å². The minimum Gasteiger partial charge on any atom is -0.380 e. The molecule has 6 nitrogen and oxygen atoms in total. The molecule has 6 heteroatoms. The van der Waals surface area contributed by atoms with Crippen LogP contribution in [0.15, 0.2) is 0 Å². The molecule has 2 N–H and O–H groups in total. The zero-order valence-corrected chi connectivity index (χ0v) is 11.4. The molecule has 0 aliphatic heterocycles. The normalized spacial score (nSPS) is 22.7. The van der Waals surface area contributed by atoms with Crippen LogP contribution in [-0.2, 0) is 4.79 Å². The number of hydrogen-bond donors (Lipinski definition) is 2. The van der Waals surface area contributed by atoms with Gasteiger partial charge in [-0.1, -0.05) is 6.42 Å². The number of rotatable bonds is 4. The van der Waals surface area contributed by atoms with Crippen molar-refractivity contribution < 1.29 is 9.90 Å². The monoisotopic (exact) mass is 264 g/mol. The Kier molecular flexibility index (Phi) is 2.85. The van der Waals surface area contributed by atoms with Gasteiger partial charge in [0.1, 0.15) is 11.4 Å². The fraction of sp³-hybridized carbons (Fsp3) is 0.769. The number of carbonyl (C=O) groups is 1. The minimum absolute atomic E-state index is 0.0610. The molecule has 19 heavy (non-hydrogen) atoms. The molecule has 1 heterocycles. The van der Waals surface area contributed by atoms with Gasteiger partial charge in [0.05, 0.1) is 0 Å². The quantitative estimate of drug-likeness (QED) is 0.861. The van der Waals surface area contributed by atoms with Gasteiger partial charge >= 0.3 is 0 Å². The Bertz CT molecular complexity index is 501. The van der Waals surface area contributed by atoms with E-state index in [1.165, 1.54) is 0 Å². The van der Waals surface area contributed by atoms with Crippen LogP contribution in [0.3, 0.4) is 0 Å². The standard InChI is InChI=1S/C13H20N4O2/c1-8-15-16-12(17(8)10-6-7-10)14-11(18)13(2,19)9-4-3-5-9/h9-10,19H,3-7H2,1-2H3,(H,14,16,18). The first-order valence-electron chi connectivity index (χ1n) is 6.95. The van der Waals surface area contributed by atoms with Crippen LogP contribution in [0.25, 0.3) is 0 Å². The van der Waals surface area contributed by atoms with Crippen LogP contribution in [0.4, 0.5) is 5.95 Å². The van der Waals surface area contributed by atoms with Crippen LogP contribution in [0.5, 0.6) is 0 Å². The summed E-state index contributed by atoms with van der Waals surface area (Å²) in [5, 5.41) is 21.1. The second-order valence-electron chi connectivity index (χ2n) is 5.90. The maximum atomic E-state index is 12.2. The summed E-state index contributed by atoms with van der Waals surface area (Å²) in [4.78, 5) is 12.2. The lowest BCUT2D eigenvalue weighted by Gasteiger charge is -2.37. The molecule has 3 rings (SSSR count). The first-order valence-corrected chi connectivity index (χ1v) is 6.95. The number of nitrogens with zero attached hydrogens (tertiary/aromatic N) is 3. The predicted molar refractivity (Wildman–Crippen MR) is 69.6 cm³/mol. The Morgan fingerprint density at radius 3 is 2.58 bits per heavy atom. The highest BCUT2D eigenvalue weighted by molar-refractivity contribution is 5.95. The Labute approximate surface area is 112 Å². The van der Waals surface area contributed by atoms with E-state index in [4.69, 9.17) is 0 Å². The molecule has 1 atom stereocenters. The number of aromatic nitrogens is 3. The summed E-state index contributed by atoms with van der Waals surface area (Å²) in [7, 11) is 0. The maximum absolute atomic E-state index is 12.2. The number of amides is 1. The summed E-state index contributed by atoms with van der Waals surface area (Å²) in [6, 6.07) is 0.402. The van der Waals surface area contributed by atoms with Crippen molar-refractivity contribution in [2.45, 2.75) is 57.6 Å². The van der Waals surface area contributed by atoms with Crippen molar-refractivity contribution in [3.8, 4) is 0 Å². The molecule has 104 valence electrons. The maximum Gasteiger partial charge on any atom is 0.258 e.